The molecule has 0 aliphatic heterocycles. The van der Waals surface area contributed by atoms with Crippen LogP contribution in [0.15, 0.2) is 47.4 Å². The number of amides is 1. The van der Waals surface area contributed by atoms with E-state index in [4.69, 9.17) is 0 Å². The van der Waals surface area contributed by atoms with Crippen LogP contribution in [0.2, 0.25) is 0 Å². The normalized spacial score (nSPS) is 11.5. The van der Waals surface area contributed by atoms with Crippen LogP contribution in [0.3, 0.4) is 0 Å². The largest absolute Gasteiger partial charge is 0.308 e. The highest BCUT2D eigenvalue weighted by Crippen LogP contribution is 2.30. The van der Waals surface area contributed by atoms with Gasteiger partial charge in [0.2, 0.25) is 0 Å². The van der Waals surface area contributed by atoms with E-state index in [0.29, 0.717) is 23.8 Å². The Morgan fingerprint density at radius 2 is 1.73 bits per heavy atom. The lowest BCUT2D eigenvalue weighted by Crippen LogP contribution is -2.36. The van der Waals surface area contributed by atoms with Crippen LogP contribution in [-0.2, 0) is 9.84 Å². The summed E-state index contributed by atoms with van der Waals surface area (Å²) in [5.41, 5.74) is 2.45. The molecule has 1 amide bonds. The zero-order valence-corrected chi connectivity index (χ0v) is 19.9. The lowest BCUT2D eigenvalue weighted by atomic mass is 10.2. The number of aromatic nitrogens is 1. The molecule has 30 heavy (non-hydrogen) atoms. The third-order valence-electron chi connectivity index (χ3n) is 4.62. The van der Waals surface area contributed by atoms with Gasteiger partial charge >= 0.3 is 0 Å². The van der Waals surface area contributed by atoms with Crippen molar-refractivity contribution in [2.75, 3.05) is 37.8 Å². The lowest BCUT2D eigenvalue weighted by Gasteiger charge is -2.22. The Kier molecular flexibility index (Phi) is 7.99. The zero-order chi connectivity index (χ0) is 21.2. The summed E-state index contributed by atoms with van der Waals surface area (Å²) in [6.45, 7) is 4.80. The average molecular weight is 468 g/mol. The van der Waals surface area contributed by atoms with Gasteiger partial charge in [-0.25, -0.2) is 13.4 Å². The fourth-order valence-corrected chi connectivity index (χ4v) is 4.82. The van der Waals surface area contributed by atoms with Gasteiger partial charge in [0.05, 0.1) is 20.9 Å². The van der Waals surface area contributed by atoms with Crippen molar-refractivity contribution in [3.63, 3.8) is 0 Å². The second-order valence-corrected chi connectivity index (χ2v) is 10.4. The van der Waals surface area contributed by atoms with E-state index in [1.807, 2.05) is 38.1 Å². The predicted molar refractivity (Wildman–Crippen MR) is 126 cm³/mol. The maximum atomic E-state index is 13.3. The second-order valence-electron chi connectivity index (χ2n) is 7.16. The van der Waals surface area contributed by atoms with Crippen LogP contribution in [0.4, 0.5) is 5.13 Å². The maximum Gasteiger partial charge on any atom is 0.260 e. The van der Waals surface area contributed by atoms with Crippen molar-refractivity contribution in [3.8, 4) is 0 Å². The number of halogens is 1. The van der Waals surface area contributed by atoms with Gasteiger partial charge in [0.25, 0.3) is 5.91 Å². The third kappa shape index (κ3) is 5.37. The summed E-state index contributed by atoms with van der Waals surface area (Å²) >= 11 is 1.48. The van der Waals surface area contributed by atoms with Crippen molar-refractivity contribution in [1.82, 2.24) is 9.88 Å². The van der Waals surface area contributed by atoms with Crippen LogP contribution >= 0.6 is 23.7 Å². The molecule has 0 saturated heterocycles. The van der Waals surface area contributed by atoms with E-state index < -0.39 is 9.84 Å². The molecule has 0 fully saturated rings. The van der Waals surface area contributed by atoms with Crippen molar-refractivity contribution < 1.29 is 13.2 Å². The third-order valence-corrected chi connectivity index (χ3v) is 7.41. The molecule has 0 saturated carbocycles. The van der Waals surface area contributed by atoms with Crippen molar-refractivity contribution >= 4 is 54.8 Å². The van der Waals surface area contributed by atoms with Crippen molar-refractivity contribution in [2.45, 2.75) is 18.7 Å². The maximum absolute atomic E-state index is 13.3. The molecule has 6 nitrogen and oxygen atoms in total. The number of nitrogens with zero attached hydrogens (tertiary/aromatic N) is 3. The fraction of sp³-hybridized carbons (Fsp3) is 0.333. The molecule has 0 spiro atoms. The first-order valence-electron chi connectivity index (χ1n) is 9.38. The quantitative estimate of drug-likeness (QED) is 0.524. The molecule has 0 unspecified atom stereocenters. The highest BCUT2D eigenvalue weighted by atomic mass is 35.5. The summed E-state index contributed by atoms with van der Waals surface area (Å²) in [4.78, 5) is 21.8. The Hall–Kier alpha value is -2.00. The smallest absolute Gasteiger partial charge is 0.260 e. The van der Waals surface area contributed by atoms with Gasteiger partial charge in [-0.1, -0.05) is 24.3 Å². The zero-order valence-electron chi connectivity index (χ0n) is 17.5. The van der Waals surface area contributed by atoms with Gasteiger partial charge in [0.15, 0.2) is 15.0 Å². The summed E-state index contributed by atoms with van der Waals surface area (Å²) in [5, 5.41) is 0.641. The average Bonchev–Trinajstić information content (AvgIpc) is 3.10. The van der Waals surface area contributed by atoms with Crippen LogP contribution in [0.5, 0.6) is 0 Å². The molecule has 0 aliphatic rings. The van der Waals surface area contributed by atoms with Gasteiger partial charge < -0.3 is 4.90 Å². The van der Waals surface area contributed by atoms with Crippen molar-refractivity contribution in [3.05, 3.63) is 53.6 Å². The van der Waals surface area contributed by atoms with Gasteiger partial charge in [-0.3, -0.25) is 9.69 Å². The summed E-state index contributed by atoms with van der Waals surface area (Å²) in [7, 11) is 0.608. The van der Waals surface area contributed by atoms with Gasteiger partial charge in [0, 0.05) is 18.7 Å². The van der Waals surface area contributed by atoms with Crippen LogP contribution in [0.1, 0.15) is 22.8 Å². The molecular weight excluding hydrogens is 442 g/mol. The Balaban J connectivity index is 0.00000320. The SMILES string of the molecule is CCS(=O)(=O)c1ccc(C(=O)N(CCN(C)C)c2nc3ccc(C)cc3s2)cc1.Cl. The van der Waals surface area contributed by atoms with E-state index in [0.717, 1.165) is 15.8 Å². The molecule has 3 aromatic rings. The van der Waals surface area contributed by atoms with Crippen molar-refractivity contribution in [1.29, 1.82) is 0 Å². The topological polar surface area (TPSA) is 70.6 Å². The molecule has 9 heteroatoms. The minimum atomic E-state index is -3.30. The molecule has 0 atom stereocenters. The van der Waals surface area contributed by atoms with Gasteiger partial charge in [-0.05, 0) is 63.0 Å². The number of anilines is 1. The summed E-state index contributed by atoms with van der Waals surface area (Å²) in [5.74, 6) is -0.163. The summed E-state index contributed by atoms with van der Waals surface area (Å²) in [6.07, 6.45) is 0. The van der Waals surface area contributed by atoms with E-state index in [-0.39, 0.29) is 29.0 Å². The number of carbonyl (C=O) groups excluding carboxylic acids is 1. The summed E-state index contributed by atoms with van der Waals surface area (Å²) in [6, 6.07) is 12.2. The van der Waals surface area contributed by atoms with Crippen LogP contribution < -0.4 is 4.90 Å². The molecule has 0 aliphatic carbocycles. The number of fused-ring (bicyclic) bond motifs is 1. The molecular formula is C21H26ClN3O3S2. The minimum Gasteiger partial charge on any atom is -0.308 e. The Labute approximate surface area is 187 Å². The van der Waals surface area contributed by atoms with Crippen LogP contribution in [-0.4, -0.2) is 57.1 Å². The Morgan fingerprint density at radius 3 is 2.33 bits per heavy atom. The predicted octanol–water partition coefficient (Wildman–Crippen LogP) is 4.03. The number of likely N-dealkylation sites (N-methyl/N-ethyl adjacent to an activating group) is 1. The first-order chi connectivity index (χ1) is 13.7. The van der Waals surface area contributed by atoms with E-state index >= 15 is 0 Å². The first-order valence-corrected chi connectivity index (χ1v) is 11.8. The van der Waals surface area contributed by atoms with E-state index in [1.165, 1.54) is 23.5 Å². The molecule has 1 aromatic heterocycles. The minimum absolute atomic E-state index is 0. The van der Waals surface area contributed by atoms with E-state index in [9.17, 15) is 13.2 Å². The molecule has 162 valence electrons. The standard InChI is InChI=1S/C21H25N3O3S2.ClH/c1-5-29(26,27)17-9-7-16(8-10-17)20(25)24(13-12-23(3)4)21-22-18-11-6-15(2)14-19(18)28-21;/h6-11,14H,5,12-13H2,1-4H3;1H. The van der Waals surface area contributed by atoms with E-state index in [1.54, 1.807) is 24.0 Å². The number of thiazole rings is 1. The fourth-order valence-electron chi connectivity index (χ4n) is 2.85. The van der Waals surface area contributed by atoms with Crippen molar-refractivity contribution in [2.24, 2.45) is 0 Å². The number of aryl methyl sites for hydroxylation is 1. The monoisotopic (exact) mass is 467 g/mol. The first kappa shape index (κ1) is 24.3. The highest BCUT2D eigenvalue weighted by molar-refractivity contribution is 7.91. The molecule has 3 rings (SSSR count). The second kappa shape index (κ2) is 9.87. The number of carbonyl (C=O) groups is 1. The van der Waals surface area contributed by atoms with Crippen LogP contribution in [0.25, 0.3) is 10.2 Å². The van der Waals surface area contributed by atoms with Gasteiger partial charge in [0.1, 0.15) is 0 Å². The number of hydrogen-bond acceptors (Lipinski definition) is 6. The Bertz CT molecular complexity index is 1130. The van der Waals surface area contributed by atoms with Crippen LogP contribution in [0, 0.1) is 6.92 Å². The molecule has 0 N–H and O–H groups in total. The molecule has 0 bridgehead atoms. The van der Waals surface area contributed by atoms with Gasteiger partial charge in [-0.15, -0.1) is 12.4 Å². The number of rotatable bonds is 7. The molecule has 1 heterocycles. The van der Waals surface area contributed by atoms with Gasteiger partial charge in [-0.2, -0.15) is 0 Å². The molecule has 0 radical (unpaired) electrons. The lowest BCUT2D eigenvalue weighted by molar-refractivity contribution is 0.0985. The molecule has 2 aromatic carbocycles. The summed E-state index contributed by atoms with van der Waals surface area (Å²) < 4.78 is 25.1. The Morgan fingerprint density at radius 1 is 1.07 bits per heavy atom. The highest BCUT2D eigenvalue weighted by Gasteiger charge is 2.22. The number of sulfone groups is 1. The number of benzene rings is 2. The van der Waals surface area contributed by atoms with E-state index in [2.05, 4.69) is 11.1 Å². The number of hydrogen-bond donors (Lipinski definition) is 0.